The number of hydrogen-bond acceptors (Lipinski definition) is 5. The van der Waals surface area contributed by atoms with Crippen LogP contribution in [0.15, 0.2) is 18.5 Å². The van der Waals surface area contributed by atoms with Crippen LogP contribution in [0.4, 0.5) is 5.95 Å². The number of aromatic nitrogens is 2. The van der Waals surface area contributed by atoms with Gasteiger partial charge >= 0.3 is 0 Å². The third-order valence-electron chi connectivity index (χ3n) is 4.44. The Morgan fingerprint density at radius 1 is 1.26 bits per heavy atom. The highest BCUT2D eigenvalue weighted by atomic mass is 16.2. The van der Waals surface area contributed by atoms with E-state index in [4.69, 9.17) is 6.42 Å². The van der Waals surface area contributed by atoms with Crippen LogP contribution in [0.5, 0.6) is 0 Å². The molecule has 1 fully saturated rings. The van der Waals surface area contributed by atoms with Gasteiger partial charge in [0.05, 0.1) is 6.54 Å². The molecule has 0 saturated carbocycles. The molecule has 0 aromatic carbocycles. The van der Waals surface area contributed by atoms with E-state index in [2.05, 4.69) is 31.0 Å². The smallest absolute Gasteiger partial charge is 0.235 e. The summed E-state index contributed by atoms with van der Waals surface area (Å²) in [6, 6.07) is 1.81. The third-order valence-corrected chi connectivity index (χ3v) is 4.44. The molecule has 2 rings (SSSR count). The average molecular weight is 315 g/mol. The molecule has 1 aliphatic rings. The summed E-state index contributed by atoms with van der Waals surface area (Å²) in [5, 5.41) is 3.01. The van der Waals surface area contributed by atoms with Crippen molar-refractivity contribution >= 4 is 11.9 Å². The average Bonchev–Trinajstić information content (AvgIpc) is 2.61. The summed E-state index contributed by atoms with van der Waals surface area (Å²) in [6.07, 6.45) is 10.6. The number of carbonyl (C=O) groups is 1. The predicted octanol–water partition coefficient (Wildman–Crippen LogP) is 0.907. The summed E-state index contributed by atoms with van der Waals surface area (Å²) < 4.78 is 0. The molecule has 1 N–H and O–H groups in total. The van der Waals surface area contributed by atoms with E-state index in [9.17, 15) is 4.79 Å². The maximum Gasteiger partial charge on any atom is 0.235 e. The van der Waals surface area contributed by atoms with Gasteiger partial charge in [0.2, 0.25) is 11.9 Å². The Morgan fingerprint density at radius 3 is 2.39 bits per heavy atom. The number of terminal acetylenes is 1. The Hall–Kier alpha value is -2.13. The van der Waals surface area contributed by atoms with E-state index in [0.29, 0.717) is 6.54 Å². The van der Waals surface area contributed by atoms with E-state index in [-0.39, 0.29) is 5.91 Å². The first kappa shape index (κ1) is 17.2. The number of nitrogens with zero attached hydrogens (tertiary/aromatic N) is 4. The molecule has 1 saturated heterocycles. The lowest BCUT2D eigenvalue weighted by Crippen LogP contribution is -2.53. The summed E-state index contributed by atoms with van der Waals surface area (Å²) in [7, 11) is 0. The van der Waals surface area contributed by atoms with Crippen LogP contribution in [0.3, 0.4) is 0 Å². The summed E-state index contributed by atoms with van der Waals surface area (Å²) in [4.78, 5) is 25.1. The minimum Gasteiger partial charge on any atom is -0.339 e. The van der Waals surface area contributed by atoms with Crippen LogP contribution >= 0.6 is 0 Å². The summed E-state index contributed by atoms with van der Waals surface area (Å²) in [5.41, 5.74) is -0.517. The highest BCUT2D eigenvalue weighted by Gasteiger charge is 2.27. The molecule has 1 aromatic rings. The highest BCUT2D eigenvalue weighted by Crippen LogP contribution is 2.14. The Bertz CT molecular complexity index is 542. The van der Waals surface area contributed by atoms with Crippen molar-refractivity contribution in [2.45, 2.75) is 32.2 Å². The van der Waals surface area contributed by atoms with Gasteiger partial charge in [0.1, 0.15) is 5.54 Å². The zero-order valence-electron chi connectivity index (χ0n) is 14.0. The fourth-order valence-electron chi connectivity index (χ4n) is 2.74. The van der Waals surface area contributed by atoms with Crippen molar-refractivity contribution in [3.05, 3.63) is 18.5 Å². The molecular weight excluding hydrogens is 290 g/mol. The maximum atomic E-state index is 12.3. The third kappa shape index (κ3) is 4.42. The lowest BCUT2D eigenvalue weighted by atomic mass is 9.94. The first-order valence-corrected chi connectivity index (χ1v) is 8.15. The Morgan fingerprint density at radius 2 is 1.87 bits per heavy atom. The lowest BCUT2D eigenvalue weighted by Gasteiger charge is -2.35. The van der Waals surface area contributed by atoms with Crippen molar-refractivity contribution < 1.29 is 4.79 Å². The van der Waals surface area contributed by atoms with Crippen LogP contribution in [-0.4, -0.2) is 59.0 Å². The van der Waals surface area contributed by atoms with Gasteiger partial charge in [-0.25, -0.2) is 9.97 Å². The van der Waals surface area contributed by atoms with Crippen LogP contribution in [0, 0.1) is 12.3 Å². The van der Waals surface area contributed by atoms with Gasteiger partial charge < -0.3 is 10.2 Å². The first-order valence-electron chi connectivity index (χ1n) is 8.15. The fraction of sp³-hybridized carbons (Fsp3) is 0.588. The van der Waals surface area contributed by atoms with Crippen molar-refractivity contribution in [1.29, 1.82) is 0 Å². The van der Waals surface area contributed by atoms with Gasteiger partial charge in [-0.2, -0.15) is 0 Å². The molecule has 0 radical (unpaired) electrons. The molecule has 23 heavy (non-hydrogen) atoms. The number of hydrogen-bond donors (Lipinski definition) is 1. The number of amides is 1. The second-order valence-electron chi connectivity index (χ2n) is 5.79. The van der Waals surface area contributed by atoms with Crippen molar-refractivity contribution in [3.8, 4) is 12.3 Å². The van der Waals surface area contributed by atoms with E-state index in [1.54, 1.807) is 12.4 Å². The predicted molar refractivity (Wildman–Crippen MR) is 91.0 cm³/mol. The second-order valence-corrected chi connectivity index (χ2v) is 5.79. The van der Waals surface area contributed by atoms with Gasteiger partial charge in [-0.1, -0.05) is 19.8 Å². The molecule has 0 bridgehead atoms. The number of anilines is 1. The van der Waals surface area contributed by atoms with E-state index in [1.807, 2.05) is 19.9 Å². The number of carbonyl (C=O) groups excluding carboxylic acids is 1. The van der Waals surface area contributed by atoms with Crippen LogP contribution in [0.2, 0.25) is 0 Å². The molecule has 6 nitrogen and oxygen atoms in total. The Labute approximate surface area is 138 Å². The normalized spacial score (nSPS) is 16.0. The SMILES string of the molecule is C#CC(CC)(CC)NC(=O)CN1CCN(c2ncccn2)CC1. The van der Waals surface area contributed by atoms with Crippen molar-refractivity contribution in [1.82, 2.24) is 20.2 Å². The molecular formula is C17H25N5O. The minimum atomic E-state index is -0.517. The van der Waals surface area contributed by atoms with E-state index in [0.717, 1.165) is 45.0 Å². The number of rotatable bonds is 6. The van der Waals surface area contributed by atoms with Crippen LogP contribution in [0.1, 0.15) is 26.7 Å². The maximum absolute atomic E-state index is 12.3. The largest absolute Gasteiger partial charge is 0.339 e. The molecule has 2 heterocycles. The fourth-order valence-corrected chi connectivity index (χ4v) is 2.74. The molecule has 124 valence electrons. The van der Waals surface area contributed by atoms with Crippen LogP contribution < -0.4 is 10.2 Å². The monoisotopic (exact) mass is 315 g/mol. The van der Waals surface area contributed by atoms with Gasteiger partial charge in [0.15, 0.2) is 0 Å². The molecule has 0 spiro atoms. The van der Waals surface area contributed by atoms with Gasteiger partial charge in [-0.05, 0) is 18.9 Å². The van der Waals surface area contributed by atoms with Gasteiger partial charge in [-0.3, -0.25) is 9.69 Å². The topological polar surface area (TPSA) is 61.4 Å². The highest BCUT2D eigenvalue weighted by molar-refractivity contribution is 5.79. The zero-order chi connectivity index (χ0) is 16.7. The molecule has 6 heteroatoms. The van der Waals surface area contributed by atoms with Gasteiger partial charge in [-0.15, -0.1) is 6.42 Å². The van der Waals surface area contributed by atoms with E-state index < -0.39 is 5.54 Å². The molecule has 0 unspecified atom stereocenters. The second kappa shape index (κ2) is 7.93. The molecule has 0 atom stereocenters. The zero-order valence-corrected chi connectivity index (χ0v) is 14.0. The molecule has 1 amide bonds. The summed E-state index contributed by atoms with van der Waals surface area (Å²) in [5.74, 6) is 3.48. The minimum absolute atomic E-state index is 0.00365. The van der Waals surface area contributed by atoms with E-state index >= 15 is 0 Å². The number of piperazine rings is 1. The van der Waals surface area contributed by atoms with Crippen molar-refractivity contribution in [3.63, 3.8) is 0 Å². The standard InChI is InChI=1S/C17H25N5O/c1-4-17(5-2,6-3)20-15(23)14-21-10-12-22(13-11-21)16-18-8-7-9-19-16/h1,7-9H,5-6,10-14H2,2-3H3,(H,20,23). The van der Waals surface area contributed by atoms with Gasteiger partial charge in [0, 0.05) is 38.6 Å². The van der Waals surface area contributed by atoms with Crippen LogP contribution in [0.25, 0.3) is 0 Å². The molecule has 1 aromatic heterocycles. The van der Waals surface area contributed by atoms with Crippen molar-refractivity contribution in [2.75, 3.05) is 37.6 Å². The quantitative estimate of drug-likeness (QED) is 0.791. The van der Waals surface area contributed by atoms with Crippen LogP contribution in [-0.2, 0) is 4.79 Å². The Balaban J connectivity index is 1.82. The lowest BCUT2D eigenvalue weighted by molar-refractivity contribution is -0.123. The molecule has 1 aliphatic heterocycles. The summed E-state index contributed by atoms with van der Waals surface area (Å²) >= 11 is 0. The summed E-state index contributed by atoms with van der Waals surface area (Å²) in [6.45, 7) is 7.65. The van der Waals surface area contributed by atoms with Gasteiger partial charge in [0.25, 0.3) is 0 Å². The molecule has 0 aliphatic carbocycles. The Kier molecular flexibility index (Phi) is 5.94. The van der Waals surface area contributed by atoms with Crippen molar-refractivity contribution in [2.24, 2.45) is 0 Å². The number of nitrogens with one attached hydrogen (secondary N) is 1. The first-order chi connectivity index (χ1) is 11.1. The van der Waals surface area contributed by atoms with E-state index in [1.165, 1.54) is 0 Å².